The van der Waals surface area contributed by atoms with Crippen molar-refractivity contribution in [1.29, 1.82) is 0 Å². The van der Waals surface area contributed by atoms with Crippen molar-refractivity contribution >= 4 is 24.3 Å². The van der Waals surface area contributed by atoms with Crippen molar-refractivity contribution in [2.24, 2.45) is 0 Å². The van der Waals surface area contributed by atoms with Crippen LogP contribution in [0.2, 0.25) is 0 Å². The molecule has 1 amide bonds. The van der Waals surface area contributed by atoms with E-state index < -0.39 is 5.97 Å². The first kappa shape index (κ1) is 20.2. The molecular formula is C15H23ClN2O4. The highest BCUT2D eigenvalue weighted by Crippen LogP contribution is 2.12. The van der Waals surface area contributed by atoms with Crippen molar-refractivity contribution < 1.29 is 19.4 Å². The normalized spacial score (nSPS) is 10.0. The lowest BCUT2D eigenvalue weighted by atomic mass is 10.2. The van der Waals surface area contributed by atoms with E-state index in [1.165, 1.54) is 0 Å². The van der Waals surface area contributed by atoms with Gasteiger partial charge in [-0.2, -0.15) is 0 Å². The van der Waals surface area contributed by atoms with E-state index >= 15 is 0 Å². The molecule has 0 aliphatic rings. The van der Waals surface area contributed by atoms with Gasteiger partial charge in [0.15, 0.2) is 0 Å². The molecule has 0 unspecified atom stereocenters. The van der Waals surface area contributed by atoms with E-state index in [1.54, 1.807) is 31.0 Å². The minimum atomic E-state index is -0.860. The highest BCUT2D eigenvalue weighted by Gasteiger charge is 2.13. The van der Waals surface area contributed by atoms with E-state index in [1.807, 2.05) is 24.3 Å². The van der Waals surface area contributed by atoms with E-state index in [2.05, 4.69) is 0 Å². The Morgan fingerprint density at radius 1 is 1.18 bits per heavy atom. The summed E-state index contributed by atoms with van der Waals surface area (Å²) in [4.78, 5) is 25.9. The highest BCUT2D eigenvalue weighted by molar-refractivity contribution is 5.85. The minimum absolute atomic E-state index is 0. The number of likely N-dealkylation sites (N-methyl/N-ethyl adjacent to an activating group) is 2. The molecule has 0 heterocycles. The number of rotatable bonds is 8. The number of benzene rings is 1. The Bertz CT molecular complexity index is 479. The number of carbonyl (C=O) groups excluding carboxylic acids is 1. The summed E-state index contributed by atoms with van der Waals surface area (Å²) in [6.07, 6.45) is 0.0337. The average Bonchev–Trinajstić information content (AvgIpc) is 2.45. The molecule has 1 N–H and O–H groups in total. The predicted molar refractivity (Wildman–Crippen MR) is 86.5 cm³/mol. The number of carboxylic acid groups (broad SMARTS) is 1. The maximum atomic E-state index is 12.0. The van der Waals surface area contributed by atoms with E-state index in [9.17, 15) is 9.59 Å². The summed E-state index contributed by atoms with van der Waals surface area (Å²) < 4.78 is 5.09. The van der Waals surface area contributed by atoms with Crippen LogP contribution in [0.4, 0.5) is 0 Å². The number of hydrogen-bond acceptors (Lipinski definition) is 4. The van der Waals surface area contributed by atoms with Crippen LogP contribution in [0.5, 0.6) is 5.75 Å². The lowest BCUT2D eigenvalue weighted by Gasteiger charge is -2.21. The van der Waals surface area contributed by atoms with Gasteiger partial charge in [-0.15, -0.1) is 12.4 Å². The number of halogens is 1. The molecule has 7 heteroatoms. The molecule has 0 bridgehead atoms. The number of carbonyl (C=O) groups is 2. The fourth-order valence-electron chi connectivity index (χ4n) is 1.81. The number of nitrogens with zero attached hydrogens (tertiary/aromatic N) is 2. The molecule has 1 rings (SSSR count). The molecule has 1 aromatic rings. The predicted octanol–water partition coefficient (Wildman–Crippen LogP) is 1.48. The summed E-state index contributed by atoms with van der Waals surface area (Å²) in [6.45, 7) is 1.08. The molecule has 0 radical (unpaired) electrons. The van der Waals surface area contributed by atoms with Gasteiger partial charge < -0.3 is 14.7 Å². The third-order valence-electron chi connectivity index (χ3n) is 3.12. The molecule has 0 aliphatic carbocycles. The molecular weight excluding hydrogens is 308 g/mol. The fourth-order valence-corrected chi connectivity index (χ4v) is 1.81. The topological polar surface area (TPSA) is 70.1 Å². The second-order valence-electron chi connectivity index (χ2n) is 4.98. The zero-order chi connectivity index (χ0) is 15.8. The third-order valence-corrected chi connectivity index (χ3v) is 3.12. The van der Waals surface area contributed by atoms with Gasteiger partial charge in [-0.1, -0.05) is 12.1 Å². The molecule has 22 heavy (non-hydrogen) atoms. The molecule has 0 aliphatic heterocycles. The maximum absolute atomic E-state index is 12.0. The number of aliphatic carboxylic acids is 1. The zero-order valence-electron chi connectivity index (χ0n) is 13.1. The van der Waals surface area contributed by atoms with Crippen LogP contribution < -0.4 is 4.74 Å². The van der Waals surface area contributed by atoms with E-state index in [4.69, 9.17) is 9.84 Å². The molecule has 0 atom stereocenters. The van der Waals surface area contributed by atoms with Gasteiger partial charge in [0, 0.05) is 20.1 Å². The Morgan fingerprint density at radius 2 is 1.77 bits per heavy atom. The monoisotopic (exact) mass is 330 g/mol. The maximum Gasteiger partial charge on any atom is 0.304 e. The molecule has 0 saturated heterocycles. The van der Waals surface area contributed by atoms with Gasteiger partial charge in [0.1, 0.15) is 5.75 Å². The smallest absolute Gasteiger partial charge is 0.304 e. The van der Waals surface area contributed by atoms with Crippen LogP contribution in [0.25, 0.3) is 0 Å². The van der Waals surface area contributed by atoms with Crippen molar-refractivity contribution in [1.82, 2.24) is 9.80 Å². The van der Waals surface area contributed by atoms with Crippen LogP contribution in [0.15, 0.2) is 24.3 Å². The number of amides is 1. The molecule has 6 nitrogen and oxygen atoms in total. The Labute approximate surface area is 137 Å². The van der Waals surface area contributed by atoms with Gasteiger partial charge in [0.25, 0.3) is 0 Å². The van der Waals surface area contributed by atoms with Gasteiger partial charge in [0.05, 0.1) is 20.1 Å². The second-order valence-corrected chi connectivity index (χ2v) is 4.98. The Hall–Kier alpha value is -1.79. The van der Waals surface area contributed by atoms with Crippen LogP contribution in [-0.2, 0) is 16.1 Å². The largest absolute Gasteiger partial charge is 0.497 e. The zero-order valence-corrected chi connectivity index (χ0v) is 13.9. The van der Waals surface area contributed by atoms with Crippen LogP contribution >= 0.6 is 12.4 Å². The summed E-state index contributed by atoms with van der Waals surface area (Å²) in [6, 6.07) is 7.53. The molecule has 124 valence electrons. The fraction of sp³-hybridized carbons (Fsp3) is 0.467. The van der Waals surface area contributed by atoms with Crippen molar-refractivity contribution in [2.75, 3.05) is 34.3 Å². The van der Waals surface area contributed by atoms with Crippen molar-refractivity contribution in [3.63, 3.8) is 0 Å². The lowest BCUT2D eigenvalue weighted by molar-refractivity contribution is -0.138. The first-order valence-electron chi connectivity index (χ1n) is 6.69. The first-order valence-corrected chi connectivity index (χ1v) is 6.69. The standard InChI is InChI=1S/C15H22N2O4.ClH/c1-16(9-8-15(19)20)11-14(18)17(2)10-12-4-6-13(21-3)7-5-12;/h4-7H,8-11H2,1-3H3,(H,19,20);1H. The SMILES string of the molecule is COc1ccc(CN(C)C(=O)CN(C)CCC(=O)O)cc1.Cl. The summed E-state index contributed by atoms with van der Waals surface area (Å²) in [5.41, 5.74) is 1.01. The van der Waals surface area contributed by atoms with E-state index in [0.717, 1.165) is 11.3 Å². The number of ether oxygens (including phenoxy) is 1. The summed E-state index contributed by atoms with van der Waals surface area (Å²) in [5.74, 6) is -0.124. The molecule has 1 aromatic carbocycles. The van der Waals surface area contributed by atoms with Gasteiger partial charge >= 0.3 is 5.97 Å². The Kier molecular flexibility index (Phi) is 9.21. The van der Waals surface area contributed by atoms with Crippen LogP contribution in [0, 0.1) is 0 Å². The van der Waals surface area contributed by atoms with Gasteiger partial charge in [-0.3, -0.25) is 14.5 Å². The summed E-state index contributed by atoms with van der Waals surface area (Å²) >= 11 is 0. The van der Waals surface area contributed by atoms with Crippen molar-refractivity contribution in [3.8, 4) is 5.75 Å². The first-order chi connectivity index (χ1) is 9.92. The molecule has 0 aromatic heterocycles. The minimum Gasteiger partial charge on any atom is -0.497 e. The van der Waals surface area contributed by atoms with Crippen LogP contribution in [0.3, 0.4) is 0 Å². The van der Waals surface area contributed by atoms with Gasteiger partial charge in [0.2, 0.25) is 5.91 Å². The van der Waals surface area contributed by atoms with Crippen LogP contribution in [-0.4, -0.2) is 61.1 Å². The van der Waals surface area contributed by atoms with Gasteiger partial charge in [-0.05, 0) is 24.7 Å². The molecule has 0 saturated carbocycles. The van der Waals surface area contributed by atoms with E-state index in [-0.39, 0.29) is 31.3 Å². The second kappa shape index (κ2) is 10.0. The Balaban J connectivity index is 0.00000441. The summed E-state index contributed by atoms with van der Waals surface area (Å²) in [5, 5.41) is 8.61. The van der Waals surface area contributed by atoms with Gasteiger partial charge in [-0.25, -0.2) is 0 Å². The lowest BCUT2D eigenvalue weighted by Crippen LogP contribution is -2.37. The quantitative estimate of drug-likeness (QED) is 0.782. The highest BCUT2D eigenvalue weighted by atomic mass is 35.5. The number of methoxy groups -OCH3 is 1. The number of carboxylic acids is 1. The van der Waals surface area contributed by atoms with Crippen molar-refractivity contribution in [2.45, 2.75) is 13.0 Å². The van der Waals surface area contributed by atoms with Crippen molar-refractivity contribution in [3.05, 3.63) is 29.8 Å². The summed E-state index contributed by atoms with van der Waals surface area (Å²) in [7, 11) is 5.08. The molecule has 0 spiro atoms. The average molecular weight is 331 g/mol. The van der Waals surface area contributed by atoms with E-state index in [0.29, 0.717) is 13.1 Å². The Morgan fingerprint density at radius 3 is 2.27 bits per heavy atom. The third kappa shape index (κ3) is 7.28. The number of hydrogen-bond donors (Lipinski definition) is 1. The molecule has 0 fully saturated rings. The van der Waals surface area contributed by atoms with Crippen LogP contribution in [0.1, 0.15) is 12.0 Å².